The van der Waals surface area contributed by atoms with Gasteiger partial charge in [0.1, 0.15) is 10.8 Å². The second kappa shape index (κ2) is 9.78. The summed E-state index contributed by atoms with van der Waals surface area (Å²) in [6, 6.07) is 4.68. The van der Waals surface area contributed by atoms with Crippen molar-refractivity contribution in [1.29, 1.82) is 0 Å². The van der Waals surface area contributed by atoms with Crippen LogP contribution in [-0.4, -0.2) is 23.1 Å². The van der Waals surface area contributed by atoms with Crippen LogP contribution in [0.4, 0.5) is 4.39 Å². The van der Waals surface area contributed by atoms with Crippen molar-refractivity contribution < 1.29 is 9.50 Å². The number of aryl methyl sites for hydroxylation is 1. The van der Waals surface area contributed by atoms with Crippen molar-refractivity contribution in [2.24, 2.45) is 4.99 Å². The third-order valence-electron chi connectivity index (χ3n) is 3.04. The zero-order valence-corrected chi connectivity index (χ0v) is 16.1. The van der Waals surface area contributed by atoms with Gasteiger partial charge in [-0.1, -0.05) is 6.07 Å². The average molecular weight is 450 g/mol. The Morgan fingerprint density at radius 2 is 2.09 bits per heavy atom. The van der Waals surface area contributed by atoms with Gasteiger partial charge >= 0.3 is 0 Å². The summed E-state index contributed by atoms with van der Waals surface area (Å²) in [5, 5.41) is 16.4. The van der Waals surface area contributed by atoms with Crippen LogP contribution < -0.4 is 10.6 Å². The summed E-state index contributed by atoms with van der Waals surface area (Å²) in [6.07, 6.45) is 1.84. The number of guanidine groups is 1. The van der Waals surface area contributed by atoms with Crippen molar-refractivity contribution in [3.8, 4) is 0 Å². The molecule has 0 aliphatic rings. The first-order chi connectivity index (χ1) is 10.6. The van der Waals surface area contributed by atoms with Crippen molar-refractivity contribution in [3.63, 3.8) is 0 Å². The van der Waals surface area contributed by atoms with Gasteiger partial charge in [0.25, 0.3) is 0 Å². The number of aliphatic imine (C=N–C) groups is 1. The zero-order chi connectivity index (χ0) is 15.9. The predicted octanol–water partition coefficient (Wildman–Crippen LogP) is 2.57. The highest BCUT2D eigenvalue weighted by molar-refractivity contribution is 14.0. The van der Waals surface area contributed by atoms with Crippen LogP contribution in [0.5, 0.6) is 0 Å². The van der Waals surface area contributed by atoms with E-state index in [1.807, 2.05) is 13.1 Å². The summed E-state index contributed by atoms with van der Waals surface area (Å²) in [6.45, 7) is 2.80. The number of nitrogens with one attached hydrogen (secondary N) is 2. The molecule has 0 aliphatic heterocycles. The summed E-state index contributed by atoms with van der Waals surface area (Å²) >= 11 is 1.64. The number of rotatable bonds is 5. The highest BCUT2D eigenvalue weighted by Gasteiger charge is 2.04. The minimum absolute atomic E-state index is 0. The maximum Gasteiger partial charge on any atom is 0.191 e. The molecule has 0 spiro atoms. The normalized spacial score (nSPS) is 11.0. The van der Waals surface area contributed by atoms with Gasteiger partial charge in [0, 0.05) is 30.2 Å². The third-order valence-corrected chi connectivity index (χ3v) is 3.95. The van der Waals surface area contributed by atoms with E-state index in [-0.39, 0.29) is 30.6 Å². The molecule has 0 saturated carbocycles. The van der Waals surface area contributed by atoms with Crippen molar-refractivity contribution in [1.82, 2.24) is 15.6 Å². The van der Waals surface area contributed by atoms with Crippen LogP contribution in [0.25, 0.3) is 0 Å². The molecule has 0 saturated heterocycles. The minimum Gasteiger partial charge on any atom is -0.392 e. The van der Waals surface area contributed by atoms with Crippen LogP contribution in [-0.2, 0) is 19.7 Å². The van der Waals surface area contributed by atoms with E-state index in [0.717, 1.165) is 10.6 Å². The topological polar surface area (TPSA) is 69.5 Å². The molecule has 8 heteroatoms. The lowest BCUT2D eigenvalue weighted by atomic mass is 10.1. The summed E-state index contributed by atoms with van der Waals surface area (Å²) in [7, 11) is 1.69. The van der Waals surface area contributed by atoms with Gasteiger partial charge in [0.2, 0.25) is 0 Å². The van der Waals surface area contributed by atoms with E-state index in [4.69, 9.17) is 5.11 Å². The lowest BCUT2D eigenvalue weighted by molar-refractivity contribution is 0.275. The molecule has 1 aromatic heterocycles. The molecule has 5 nitrogen and oxygen atoms in total. The number of thiazole rings is 1. The molecule has 0 bridgehead atoms. The molecule has 126 valence electrons. The summed E-state index contributed by atoms with van der Waals surface area (Å²) < 4.78 is 13.3. The highest BCUT2D eigenvalue weighted by atomic mass is 127. The standard InChI is InChI=1S/C15H19FN4OS.HI/c1-10-6-18-14(22-10)8-20-15(17-2)19-7-11-3-4-13(16)12(5-11)9-21;/h3-6,21H,7-9H2,1-2H3,(H2,17,19,20);1H. The maximum atomic E-state index is 13.3. The lowest BCUT2D eigenvalue weighted by Gasteiger charge is -2.11. The smallest absolute Gasteiger partial charge is 0.191 e. The van der Waals surface area contributed by atoms with Crippen molar-refractivity contribution in [2.45, 2.75) is 26.6 Å². The molecule has 3 N–H and O–H groups in total. The quantitative estimate of drug-likeness (QED) is 0.372. The summed E-state index contributed by atoms with van der Waals surface area (Å²) in [4.78, 5) is 9.58. The molecule has 0 atom stereocenters. The Hall–Kier alpha value is -1.26. The van der Waals surface area contributed by atoms with E-state index < -0.39 is 5.82 Å². The molecule has 2 rings (SSSR count). The number of halogens is 2. The van der Waals surface area contributed by atoms with Crippen LogP contribution >= 0.6 is 35.3 Å². The molecule has 1 aromatic carbocycles. The van der Waals surface area contributed by atoms with Crippen LogP contribution in [0, 0.1) is 12.7 Å². The Bertz CT molecular complexity index is 663. The van der Waals surface area contributed by atoms with Gasteiger partial charge in [-0.2, -0.15) is 0 Å². The van der Waals surface area contributed by atoms with Gasteiger partial charge in [-0.05, 0) is 24.6 Å². The lowest BCUT2D eigenvalue weighted by Crippen LogP contribution is -2.36. The number of hydrogen-bond donors (Lipinski definition) is 3. The highest BCUT2D eigenvalue weighted by Crippen LogP contribution is 2.11. The van der Waals surface area contributed by atoms with E-state index in [1.54, 1.807) is 30.5 Å². The number of aliphatic hydroxyl groups excluding tert-OH is 1. The van der Waals surface area contributed by atoms with E-state index in [2.05, 4.69) is 20.6 Å². The van der Waals surface area contributed by atoms with Gasteiger partial charge in [-0.3, -0.25) is 4.99 Å². The van der Waals surface area contributed by atoms with Gasteiger partial charge in [0.15, 0.2) is 5.96 Å². The number of aliphatic hydroxyl groups is 1. The molecule has 0 aliphatic carbocycles. The van der Waals surface area contributed by atoms with Gasteiger partial charge in [0.05, 0.1) is 13.2 Å². The number of benzene rings is 1. The molecular weight excluding hydrogens is 430 g/mol. The van der Waals surface area contributed by atoms with Gasteiger partial charge < -0.3 is 15.7 Å². The SMILES string of the molecule is CN=C(NCc1ccc(F)c(CO)c1)NCc1ncc(C)s1.I. The van der Waals surface area contributed by atoms with Crippen molar-refractivity contribution >= 4 is 41.3 Å². The number of nitrogens with zero attached hydrogens (tertiary/aromatic N) is 2. The monoisotopic (exact) mass is 450 g/mol. The van der Waals surface area contributed by atoms with Crippen molar-refractivity contribution in [3.05, 3.63) is 51.2 Å². The molecule has 23 heavy (non-hydrogen) atoms. The van der Waals surface area contributed by atoms with Gasteiger partial charge in [-0.15, -0.1) is 35.3 Å². The molecule has 2 aromatic rings. The predicted molar refractivity (Wildman–Crippen MR) is 102 cm³/mol. The van der Waals surface area contributed by atoms with E-state index in [9.17, 15) is 4.39 Å². The minimum atomic E-state index is -0.395. The molecule has 0 amide bonds. The molecule has 1 heterocycles. The Morgan fingerprint density at radius 3 is 2.70 bits per heavy atom. The summed E-state index contributed by atoms with van der Waals surface area (Å²) in [5.41, 5.74) is 1.17. The fourth-order valence-electron chi connectivity index (χ4n) is 1.91. The molecule has 0 radical (unpaired) electrons. The third kappa shape index (κ3) is 6.04. The second-order valence-corrected chi connectivity index (χ2v) is 6.05. The Labute approximate surface area is 156 Å². The van der Waals surface area contributed by atoms with Crippen LogP contribution in [0.15, 0.2) is 29.4 Å². The first kappa shape index (κ1) is 19.8. The Morgan fingerprint density at radius 1 is 1.35 bits per heavy atom. The van der Waals surface area contributed by atoms with E-state index >= 15 is 0 Å². The number of hydrogen-bond acceptors (Lipinski definition) is 4. The second-order valence-electron chi connectivity index (χ2n) is 4.73. The zero-order valence-electron chi connectivity index (χ0n) is 13.0. The Balaban J connectivity index is 0.00000264. The Kier molecular flexibility index (Phi) is 8.42. The largest absolute Gasteiger partial charge is 0.392 e. The van der Waals surface area contributed by atoms with Crippen LogP contribution in [0.2, 0.25) is 0 Å². The van der Waals surface area contributed by atoms with Crippen molar-refractivity contribution in [2.75, 3.05) is 7.05 Å². The first-order valence-corrected chi connectivity index (χ1v) is 7.68. The van der Waals surface area contributed by atoms with Gasteiger partial charge in [-0.25, -0.2) is 9.37 Å². The van der Waals surface area contributed by atoms with Crippen LogP contribution in [0.1, 0.15) is 21.0 Å². The van der Waals surface area contributed by atoms with Crippen LogP contribution in [0.3, 0.4) is 0 Å². The maximum absolute atomic E-state index is 13.3. The molecule has 0 fully saturated rings. The summed E-state index contributed by atoms with van der Waals surface area (Å²) in [5.74, 6) is 0.246. The number of aromatic nitrogens is 1. The molecular formula is C15H20FIN4OS. The van der Waals surface area contributed by atoms with E-state index in [1.165, 1.54) is 10.9 Å². The fourth-order valence-corrected chi connectivity index (χ4v) is 2.63. The average Bonchev–Trinajstić information content (AvgIpc) is 2.94. The van der Waals surface area contributed by atoms with E-state index in [0.29, 0.717) is 24.6 Å². The molecule has 0 unspecified atom stereocenters. The fraction of sp³-hybridized carbons (Fsp3) is 0.333. The first-order valence-electron chi connectivity index (χ1n) is 6.86.